The van der Waals surface area contributed by atoms with E-state index in [4.69, 9.17) is 5.11 Å². The molecule has 0 amide bonds. The van der Waals surface area contributed by atoms with Gasteiger partial charge in [-0.1, -0.05) is 0 Å². The van der Waals surface area contributed by atoms with Gasteiger partial charge in [0.05, 0.1) is 12.3 Å². The molecule has 1 aliphatic rings. The second kappa shape index (κ2) is 5.68. The van der Waals surface area contributed by atoms with Gasteiger partial charge in [-0.3, -0.25) is 4.79 Å². The van der Waals surface area contributed by atoms with Crippen molar-refractivity contribution in [2.75, 3.05) is 26.7 Å². The van der Waals surface area contributed by atoms with E-state index in [9.17, 15) is 18.0 Å². The lowest BCUT2D eigenvalue weighted by Crippen LogP contribution is -2.44. The number of nitrogens with zero attached hydrogens (tertiary/aromatic N) is 1. The summed E-state index contributed by atoms with van der Waals surface area (Å²) < 4.78 is 37.9. The Balaban J connectivity index is 2.42. The zero-order valence-corrected chi connectivity index (χ0v) is 9.63. The summed E-state index contributed by atoms with van der Waals surface area (Å²) in [7, 11) is 1.64. The number of halogens is 3. The molecule has 1 saturated heterocycles. The van der Waals surface area contributed by atoms with Crippen LogP contribution >= 0.6 is 0 Å². The Morgan fingerprint density at radius 2 is 2.18 bits per heavy atom. The molecule has 0 aromatic carbocycles. The lowest BCUT2D eigenvalue weighted by atomic mass is 10.00. The number of likely N-dealkylation sites (N-methyl/N-ethyl adjacent to an activating group) is 1. The maximum absolute atomic E-state index is 12.6. The SMILES string of the molecule is CN(CCC(=O)O)CC1NCCC1C(F)(F)F. The van der Waals surface area contributed by atoms with Crippen molar-refractivity contribution < 1.29 is 23.1 Å². The van der Waals surface area contributed by atoms with E-state index >= 15 is 0 Å². The number of hydrogen-bond donors (Lipinski definition) is 2. The fourth-order valence-electron chi connectivity index (χ4n) is 2.06. The Kier molecular flexibility index (Phi) is 4.76. The molecule has 2 unspecified atom stereocenters. The Hall–Kier alpha value is -0.820. The third kappa shape index (κ3) is 4.51. The van der Waals surface area contributed by atoms with E-state index in [0.29, 0.717) is 6.54 Å². The minimum absolute atomic E-state index is 0.0557. The number of carboxylic acid groups (broad SMARTS) is 1. The summed E-state index contributed by atoms with van der Waals surface area (Å²) in [6.07, 6.45) is -4.14. The summed E-state index contributed by atoms with van der Waals surface area (Å²) in [4.78, 5) is 12.0. The minimum Gasteiger partial charge on any atom is -0.481 e. The lowest BCUT2D eigenvalue weighted by molar-refractivity contribution is -0.177. The van der Waals surface area contributed by atoms with Gasteiger partial charge in [-0.2, -0.15) is 13.2 Å². The monoisotopic (exact) mass is 254 g/mol. The van der Waals surface area contributed by atoms with Crippen LogP contribution in [0, 0.1) is 5.92 Å². The van der Waals surface area contributed by atoms with E-state index in [0.717, 1.165) is 0 Å². The lowest BCUT2D eigenvalue weighted by Gasteiger charge is -2.26. The average Bonchev–Trinajstić information content (AvgIpc) is 2.62. The van der Waals surface area contributed by atoms with Crippen molar-refractivity contribution in [1.82, 2.24) is 10.2 Å². The van der Waals surface area contributed by atoms with E-state index in [-0.39, 0.29) is 25.9 Å². The van der Waals surface area contributed by atoms with Gasteiger partial charge >= 0.3 is 12.1 Å². The number of aliphatic carboxylic acids is 1. The standard InChI is InChI=1S/C10H17F3N2O2/c1-15(5-3-9(16)17)6-8-7(2-4-14-8)10(11,12)13/h7-8,14H,2-6H2,1H3,(H,16,17). The molecule has 1 heterocycles. The van der Waals surface area contributed by atoms with Gasteiger partial charge in [0, 0.05) is 19.1 Å². The molecule has 0 spiro atoms. The van der Waals surface area contributed by atoms with Crippen molar-refractivity contribution in [2.45, 2.75) is 25.1 Å². The molecule has 0 saturated carbocycles. The van der Waals surface area contributed by atoms with Gasteiger partial charge in [0.25, 0.3) is 0 Å². The zero-order chi connectivity index (χ0) is 13.1. The molecule has 0 radical (unpaired) electrons. The number of rotatable bonds is 5. The summed E-state index contributed by atoms with van der Waals surface area (Å²) in [6.45, 7) is 0.844. The molecule has 100 valence electrons. The van der Waals surface area contributed by atoms with Crippen LogP contribution in [0.4, 0.5) is 13.2 Å². The first-order valence-corrected chi connectivity index (χ1v) is 5.51. The van der Waals surface area contributed by atoms with Crippen LogP contribution in [-0.4, -0.2) is 54.9 Å². The van der Waals surface area contributed by atoms with Crippen molar-refractivity contribution in [3.8, 4) is 0 Å². The minimum atomic E-state index is -4.18. The highest BCUT2D eigenvalue weighted by atomic mass is 19.4. The van der Waals surface area contributed by atoms with E-state index in [1.165, 1.54) is 0 Å². The van der Waals surface area contributed by atoms with Crippen LogP contribution in [0.25, 0.3) is 0 Å². The highest BCUT2D eigenvalue weighted by Gasteiger charge is 2.46. The van der Waals surface area contributed by atoms with Crippen LogP contribution in [0.3, 0.4) is 0 Å². The van der Waals surface area contributed by atoms with Gasteiger partial charge in [0.15, 0.2) is 0 Å². The first-order valence-electron chi connectivity index (χ1n) is 5.51. The molecule has 0 aromatic heterocycles. The Morgan fingerprint density at radius 1 is 1.53 bits per heavy atom. The topological polar surface area (TPSA) is 52.6 Å². The summed E-state index contributed by atoms with van der Waals surface area (Å²) in [5.41, 5.74) is 0. The first kappa shape index (κ1) is 14.2. The van der Waals surface area contributed by atoms with Crippen LogP contribution in [-0.2, 0) is 4.79 Å². The van der Waals surface area contributed by atoms with E-state index in [1.807, 2.05) is 0 Å². The van der Waals surface area contributed by atoms with Crippen molar-refractivity contribution in [3.05, 3.63) is 0 Å². The molecular formula is C10H17F3N2O2. The maximum Gasteiger partial charge on any atom is 0.393 e. The van der Waals surface area contributed by atoms with E-state index in [1.54, 1.807) is 11.9 Å². The van der Waals surface area contributed by atoms with Crippen molar-refractivity contribution in [3.63, 3.8) is 0 Å². The third-order valence-corrected chi connectivity index (χ3v) is 2.98. The van der Waals surface area contributed by atoms with Crippen molar-refractivity contribution in [2.24, 2.45) is 5.92 Å². The quantitative estimate of drug-likeness (QED) is 0.766. The van der Waals surface area contributed by atoms with Crippen molar-refractivity contribution >= 4 is 5.97 Å². The number of hydrogen-bond acceptors (Lipinski definition) is 3. The Morgan fingerprint density at radius 3 is 2.71 bits per heavy atom. The van der Waals surface area contributed by atoms with Crippen LogP contribution in [0.2, 0.25) is 0 Å². The third-order valence-electron chi connectivity index (χ3n) is 2.98. The predicted molar refractivity (Wildman–Crippen MR) is 55.7 cm³/mol. The average molecular weight is 254 g/mol. The van der Waals surface area contributed by atoms with E-state index in [2.05, 4.69) is 5.32 Å². The molecule has 1 aliphatic heterocycles. The molecule has 0 aromatic rings. The van der Waals surface area contributed by atoms with Gasteiger partial charge in [-0.05, 0) is 20.0 Å². The molecule has 1 rings (SSSR count). The smallest absolute Gasteiger partial charge is 0.393 e. The normalized spacial score (nSPS) is 25.5. The number of nitrogens with one attached hydrogen (secondary N) is 1. The number of carbonyl (C=O) groups is 1. The number of carboxylic acids is 1. The van der Waals surface area contributed by atoms with Crippen LogP contribution in [0.5, 0.6) is 0 Å². The van der Waals surface area contributed by atoms with Crippen molar-refractivity contribution in [1.29, 1.82) is 0 Å². The largest absolute Gasteiger partial charge is 0.481 e. The molecule has 2 N–H and O–H groups in total. The molecule has 1 fully saturated rings. The van der Waals surface area contributed by atoms with Gasteiger partial charge in [-0.15, -0.1) is 0 Å². The van der Waals surface area contributed by atoms with Crippen LogP contribution in [0.15, 0.2) is 0 Å². The van der Waals surface area contributed by atoms with E-state index < -0.39 is 24.1 Å². The van der Waals surface area contributed by atoms with Crippen LogP contribution in [0.1, 0.15) is 12.8 Å². The Labute approximate surface area is 97.8 Å². The summed E-state index contributed by atoms with van der Waals surface area (Å²) in [5.74, 6) is -2.27. The highest BCUT2D eigenvalue weighted by Crippen LogP contribution is 2.34. The predicted octanol–water partition coefficient (Wildman–Crippen LogP) is 0.933. The fraction of sp³-hybridized carbons (Fsp3) is 0.900. The van der Waals surface area contributed by atoms with Gasteiger partial charge < -0.3 is 15.3 Å². The van der Waals surface area contributed by atoms with Gasteiger partial charge in [-0.25, -0.2) is 0 Å². The summed E-state index contributed by atoms with van der Waals surface area (Å²) in [5, 5.41) is 11.3. The molecular weight excluding hydrogens is 237 g/mol. The first-order chi connectivity index (χ1) is 7.80. The molecule has 4 nitrogen and oxygen atoms in total. The molecule has 7 heteroatoms. The summed E-state index contributed by atoms with van der Waals surface area (Å²) >= 11 is 0. The van der Waals surface area contributed by atoms with Gasteiger partial charge in [0.1, 0.15) is 0 Å². The maximum atomic E-state index is 12.6. The fourth-order valence-corrected chi connectivity index (χ4v) is 2.06. The highest BCUT2D eigenvalue weighted by molar-refractivity contribution is 5.66. The molecule has 17 heavy (non-hydrogen) atoms. The second-order valence-electron chi connectivity index (χ2n) is 4.40. The van der Waals surface area contributed by atoms with Crippen LogP contribution < -0.4 is 5.32 Å². The second-order valence-corrected chi connectivity index (χ2v) is 4.40. The summed E-state index contributed by atoms with van der Waals surface area (Å²) in [6, 6.07) is -0.631. The molecule has 0 bridgehead atoms. The Bertz CT molecular complexity index is 271. The molecule has 0 aliphatic carbocycles. The molecule has 2 atom stereocenters. The van der Waals surface area contributed by atoms with Gasteiger partial charge in [0.2, 0.25) is 0 Å². The zero-order valence-electron chi connectivity index (χ0n) is 9.63. The number of alkyl halides is 3.